The first-order valence-corrected chi connectivity index (χ1v) is 9.07. The number of benzene rings is 3. The Morgan fingerprint density at radius 2 is 1.08 bits per heavy atom. The number of hydrogen-bond acceptors (Lipinski definition) is 4. The minimum absolute atomic E-state index is 0.00640. The minimum Gasteiger partial charge on any atom is -0.299 e. The zero-order chi connectivity index (χ0) is 17.8. The summed E-state index contributed by atoms with van der Waals surface area (Å²) in [6.07, 6.45) is 0.526. The van der Waals surface area contributed by atoms with E-state index in [1.54, 1.807) is 78.9 Å². The molecule has 0 aliphatic heterocycles. The number of aldehydes is 1. The zero-order valence-corrected chi connectivity index (χ0v) is 14.1. The molecule has 0 atom stereocenters. The molecule has 126 valence electrons. The fourth-order valence-electron chi connectivity index (χ4n) is 2.60. The fraction of sp³-hybridized carbons (Fsp3) is 0.0500. The summed E-state index contributed by atoms with van der Waals surface area (Å²) in [4.78, 5) is 12.1. The largest absolute Gasteiger partial charge is 0.299 e. The molecule has 0 heterocycles. The highest BCUT2D eigenvalue weighted by molar-refractivity contribution is 7.86. The molecule has 0 radical (unpaired) electrons. The second-order valence-corrected chi connectivity index (χ2v) is 6.98. The summed E-state index contributed by atoms with van der Waals surface area (Å²) in [5.74, 6) is 0. The van der Waals surface area contributed by atoms with E-state index in [4.69, 9.17) is 4.18 Å². The topological polar surface area (TPSA) is 60.4 Å². The summed E-state index contributed by atoms with van der Waals surface area (Å²) in [5.41, 5.74) is -0.872. The van der Waals surface area contributed by atoms with Crippen molar-refractivity contribution in [1.29, 1.82) is 0 Å². The van der Waals surface area contributed by atoms with Crippen LogP contribution in [-0.4, -0.2) is 14.7 Å². The van der Waals surface area contributed by atoms with Crippen LogP contribution in [0, 0.1) is 0 Å². The van der Waals surface area contributed by atoms with E-state index in [1.807, 2.05) is 0 Å². The molecular formula is C20H16O4S. The molecule has 0 fully saturated rings. The molecular weight excluding hydrogens is 336 g/mol. The summed E-state index contributed by atoms with van der Waals surface area (Å²) >= 11 is 0. The third-order valence-electron chi connectivity index (χ3n) is 3.84. The average molecular weight is 352 g/mol. The van der Waals surface area contributed by atoms with Crippen LogP contribution in [0.15, 0.2) is 95.9 Å². The lowest BCUT2D eigenvalue weighted by molar-refractivity contribution is -0.118. The van der Waals surface area contributed by atoms with Crippen LogP contribution in [0.1, 0.15) is 11.1 Å². The first-order chi connectivity index (χ1) is 12.1. The van der Waals surface area contributed by atoms with E-state index in [9.17, 15) is 13.2 Å². The number of rotatable bonds is 6. The predicted molar refractivity (Wildman–Crippen MR) is 94.4 cm³/mol. The Bertz CT molecular complexity index is 897. The summed E-state index contributed by atoms with van der Waals surface area (Å²) < 4.78 is 31.1. The van der Waals surface area contributed by atoms with Gasteiger partial charge in [-0.1, -0.05) is 78.9 Å². The minimum atomic E-state index is -4.16. The van der Waals surface area contributed by atoms with Gasteiger partial charge in [0, 0.05) is 0 Å². The molecule has 0 aliphatic carbocycles. The highest BCUT2D eigenvalue weighted by Crippen LogP contribution is 2.35. The lowest BCUT2D eigenvalue weighted by Crippen LogP contribution is -2.35. The normalized spacial score (nSPS) is 11.8. The molecule has 0 unspecified atom stereocenters. The van der Waals surface area contributed by atoms with Crippen molar-refractivity contribution < 1.29 is 17.4 Å². The molecule has 4 nitrogen and oxygen atoms in total. The van der Waals surface area contributed by atoms with E-state index in [0.29, 0.717) is 17.4 Å². The van der Waals surface area contributed by atoms with Gasteiger partial charge in [-0.05, 0) is 23.3 Å². The van der Waals surface area contributed by atoms with Gasteiger partial charge in [0.05, 0.1) is 4.90 Å². The summed E-state index contributed by atoms with van der Waals surface area (Å²) in [7, 11) is -4.16. The maximum atomic E-state index is 12.8. The monoisotopic (exact) mass is 352 g/mol. The molecule has 0 aliphatic rings. The van der Waals surface area contributed by atoms with Gasteiger partial charge in [0.1, 0.15) is 0 Å². The molecule has 0 spiro atoms. The Hall–Kier alpha value is -2.76. The smallest absolute Gasteiger partial charge is 0.298 e. The van der Waals surface area contributed by atoms with Crippen molar-refractivity contribution in [2.75, 3.05) is 0 Å². The lowest BCUT2D eigenvalue weighted by atomic mass is 9.88. The van der Waals surface area contributed by atoms with Gasteiger partial charge in [0.25, 0.3) is 10.1 Å². The van der Waals surface area contributed by atoms with E-state index in [0.717, 1.165) is 0 Å². The SMILES string of the molecule is O=CC(OS(=O)(=O)c1ccccc1)(c1ccccc1)c1ccccc1. The third-order valence-corrected chi connectivity index (χ3v) is 5.18. The maximum Gasteiger partial charge on any atom is 0.298 e. The highest BCUT2D eigenvalue weighted by Gasteiger charge is 2.40. The maximum absolute atomic E-state index is 12.8. The van der Waals surface area contributed by atoms with Crippen molar-refractivity contribution in [3.8, 4) is 0 Å². The molecule has 0 amide bonds. The van der Waals surface area contributed by atoms with Crippen molar-refractivity contribution in [3.05, 3.63) is 102 Å². The summed E-state index contributed by atoms with van der Waals surface area (Å²) in [6.45, 7) is 0. The Morgan fingerprint density at radius 3 is 1.48 bits per heavy atom. The van der Waals surface area contributed by atoms with Gasteiger partial charge in [0.15, 0.2) is 11.9 Å². The van der Waals surface area contributed by atoms with Crippen LogP contribution >= 0.6 is 0 Å². The molecule has 0 bridgehead atoms. The highest BCUT2D eigenvalue weighted by atomic mass is 32.2. The van der Waals surface area contributed by atoms with Crippen LogP contribution in [0.3, 0.4) is 0 Å². The number of hydrogen-bond donors (Lipinski definition) is 0. The van der Waals surface area contributed by atoms with Crippen molar-refractivity contribution in [2.24, 2.45) is 0 Å². The number of carbonyl (C=O) groups excluding carboxylic acids is 1. The van der Waals surface area contributed by atoms with E-state index in [2.05, 4.69) is 0 Å². The van der Waals surface area contributed by atoms with E-state index >= 15 is 0 Å². The quantitative estimate of drug-likeness (QED) is 0.503. The molecule has 5 heteroatoms. The van der Waals surface area contributed by atoms with Crippen molar-refractivity contribution in [3.63, 3.8) is 0 Å². The van der Waals surface area contributed by atoms with Gasteiger partial charge in [-0.25, -0.2) is 4.18 Å². The molecule has 0 aromatic heterocycles. The van der Waals surface area contributed by atoms with Gasteiger partial charge >= 0.3 is 0 Å². The summed E-state index contributed by atoms with van der Waals surface area (Å²) in [6, 6.07) is 24.9. The van der Waals surface area contributed by atoms with Gasteiger partial charge in [-0.15, -0.1) is 0 Å². The second-order valence-electron chi connectivity index (χ2n) is 5.44. The van der Waals surface area contributed by atoms with Crippen molar-refractivity contribution in [1.82, 2.24) is 0 Å². The van der Waals surface area contributed by atoms with Crippen LogP contribution < -0.4 is 0 Å². The lowest BCUT2D eigenvalue weighted by Gasteiger charge is -2.28. The van der Waals surface area contributed by atoms with Crippen LogP contribution in [0.25, 0.3) is 0 Å². The Labute approximate surface area is 146 Å². The summed E-state index contributed by atoms with van der Waals surface area (Å²) in [5, 5.41) is 0. The van der Waals surface area contributed by atoms with Gasteiger partial charge in [-0.3, -0.25) is 4.79 Å². The zero-order valence-electron chi connectivity index (χ0n) is 13.3. The van der Waals surface area contributed by atoms with E-state index in [1.165, 1.54) is 12.1 Å². The Morgan fingerprint density at radius 1 is 0.680 bits per heavy atom. The molecule has 0 saturated heterocycles. The molecule has 3 rings (SSSR count). The third kappa shape index (κ3) is 3.38. The Kier molecular flexibility index (Phi) is 4.79. The van der Waals surface area contributed by atoms with Crippen LogP contribution in [0.2, 0.25) is 0 Å². The molecule has 3 aromatic rings. The van der Waals surface area contributed by atoms with Crippen LogP contribution in [0.5, 0.6) is 0 Å². The molecule has 25 heavy (non-hydrogen) atoms. The van der Waals surface area contributed by atoms with Gasteiger partial charge < -0.3 is 0 Å². The standard InChI is InChI=1S/C20H16O4S/c21-16-20(17-10-4-1-5-11-17,18-12-6-2-7-13-18)24-25(22,23)19-14-8-3-9-15-19/h1-16H. The van der Waals surface area contributed by atoms with E-state index < -0.39 is 15.7 Å². The second kappa shape index (κ2) is 7.01. The van der Waals surface area contributed by atoms with Gasteiger partial charge in [0.2, 0.25) is 0 Å². The van der Waals surface area contributed by atoms with Crippen LogP contribution in [-0.2, 0) is 24.7 Å². The Balaban J connectivity index is 2.17. The average Bonchev–Trinajstić information content (AvgIpc) is 2.68. The van der Waals surface area contributed by atoms with Crippen LogP contribution in [0.4, 0.5) is 0 Å². The number of carbonyl (C=O) groups is 1. The predicted octanol–water partition coefficient (Wildman–Crippen LogP) is 3.53. The molecule has 3 aromatic carbocycles. The van der Waals surface area contributed by atoms with Crippen molar-refractivity contribution in [2.45, 2.75) is 10.5 Å². The molecule has 0 N–H and O–H groups in total. The first kappa shape index (κ1) is 17.1. The van der Waals surface area contributed by atoms with Crippen molar-refractivity contribution >= 4 is 16.4 Å². The fourth-order valence-corrected chi connectivity index (χ4v) is 3.76. The van der Waals surface area contributed by atoms with E-state index in [-0.39, 0.29) is 4.90 Å². The van der Waals surface area contributed by atoms with Gasteiger partial charge in [-0.2, -0.15) is 8.42 Å². The molecule has 0 saturated carbocycles. The first-order valence-electron chi connectivity index (χ1n) is 7.66.